The second kappa shape index (κ2) is 5.41. The lowest BCUT2D eigenvalue weighted by molar-refractivity contribution is -0.141. The minimum absolute atomic E-state index is 0.157. The maximum atomic E-state index is 12.7. The topological polar surface area (TPSA) is 55.1 Å². The van der Waals surface area contributed by atoms with Crippen LogP contribution < -0.4 is 0 Å². The predicted molar refractivity (Wildman–Crippen MR) is 58.5 cm³/mol. The summed E-state index contributed by atoms with van der Waals surface area (Å²) >= 11 is 0. The van der Waals surface area contributed by atoms with E-state index in [1.165, 1.54) is 0 Å². The van der Waals surface area contributed by atoms with Crippen LogP contribution in [0, 0.1) is 0 Å². The van der Waals surface area contributed by atoms with Crippen molar-refractivity contribution in [3.8, 4) is 0 Å². The zero-order chi connectivity index (χ0) is 13.9. The molecule has 0 radical (unpaired) electrons. The number of aromatic nitrogens is 2. The zero-order valence-electron chi connectivity index (χ0n) is 10.2. The number of unbranched alkanes of at least 4 members (excludes halogenated alkanes) is 1. The molecule has 0 amide bonds. The number of rotatable bonds is 5. The Balaban J connectivity index is 3.34. The summed E-state index contributed by atoms with van der Waals surface area (Å²) in [5, 5.41) is 8.92. The molecule has 0 atom stereocenters. The minimum Gasteiger partial charge on any atom is -0.477 e. The Hall–Kier alpha value is -1.53. The molecule has 18 heavy (non-hydrogen) atoms. The molecule has 0 aliphatic carbocycles. The van der Waals surface area contributed by atoms with E-state index < -0.39 is 23.5 Å². The van der Waals surface area contributed by atoms with Gasteiger partial charge in [-0.05, 0) is 13.3 Å². The van der Waals surface area contributed by atoms with Gasteiger partial charge in [-0.3, -0.25) is 0 Å². The van der Waals surface area contributed by atoms with Crippen LogP contribution in [0.5, 0.6) is 0 Å². The van der Waals surface area contributed by atoms with Crippen molar-refractivity contribution in [3.63, 3.8) is 0 Å². The van der Waals surface area contributed by atoms with Crippen LogP contribution in [0.4, 0.5) is 13.2 Å². The summed E-state index contributed by atoms with van der Waals surface area (Å²) in [6.45, 7) is 3.66. The number of carboxylic acids is 1. The summed E-state index contributed by atoms with van der Waals surface area (Å²) in [5.74, 6) is -1.41. The maximum Gasteiger partial charge on any atom is 0.435 e. The smallest absolute Gasteiger partial charge is 0.435 e. The highest BCUT2D eigenvalue weighted by atomic mass is 19.4. The van der Waals surface area contributed by atoms with Crippen LogP contribution in [-0.2, 0) is 19.1 Å². The highest BCUT2D eigenvalue weighted by Crippen LogP contribution is 2.32. The van der Waals surface area contributed by atoms with E-state index in [0.717, 1.165) is 11.0 Å². The normalized spacial score (nSPS) is 11.8. The van der Waals surface area contributed by atoms with Crippen LogP contribution in [0.25, 0.3) is 0 Å². The molecule has 102 valence electrons. The highest BCUT2D eigenvalue weighted by Gasteiger charge is 2.40. The zero-order valence-corrected chi connectivity index (χ0v) is 10.2. The first kappa shape index (κ1) is 14.5. The van der Waals surface area contributed by atoms with E-state index in [1.807, 2.05) is 6.92 Å². The summed E-state index contributed by atoms with van der Waals surface area (Å²) < 4.78 is 39.3. The summed E-state index contributed by atoms with van der Waals surface area (Å²) in [6, 6.07) is 0. The number of hydrogen-bond donors (Lipinski definition) is 1. The number of hydrogen-bond acceptors (Lipinski definition) is 2. The average Bonchev–Trinajstić information content (AvgIpc) is 2.64. The van der Waals surface area contributed by atoms with E-state index >= 15 is 0 Å². The first-order valence-electron chi connectivity index (χ1n) is 5.72. The van der Waals surface area contributed by atoms with Crippen LogP contribution in [0.15, 0.2) is 0 Å². The molecule has 1 N–H and O–H groups in total. The van der Waals surface area contributed by atoms with Gasteiger partial charge in [0.2, 0.25) is 0 Å². The number of halogens is 3. The van der Waals surface area contributed by atoms with Crippen molar-refractivity contribution in [2.75, 3.05) is 0 Å². The molecule has 0 saturated carbocycles. The van der Waals surface area contributed by atoms with Crippen LogP contribution in [0.2, 0.25) is 0 Å². The summed E-state index contributed by atoms with van der Waals surface area (Å²) in [4.78, 5) is 14.4. The average molecular weight is 264 g/mol. The Morgan fingerprint density at radius 1 is 1.39 bits per heavy atom. The number of imidazole rings is 1. The predicted octanol–water partition coefficient (Wildman–Crippen LogP) is 2.96. The van der Waals surface area contributed by atoms with Gasteiger partial charge in [-0.25, -0.2) is 9.78 Å². The van der Waals surface area contributed by atoms with E-state index in [1.54, 1.807) is 6.92 Å². The molecule has 4 nitrogen and oxygen atoms in total. The molecule has 0 aromatic carbocycles. The fourth-order valence-electron chi connectivity index (χ4n) is 1.78. The van der Waals surface area contributed by atoms with Crippen molar-refractivity contribution in [1.82, 2.24) is 9.55 Å². The lowest BCUT2D eigenvalue weighted by Gasteiger charge is -2.07. The lowest BCUT2D eigenvalue weighted by atomic mass is 10.2. The van der Waals surface area contributed by atoms with Gasteiger partial charge in [0.1, 0.15) is 5.82 Å². The van der Waals surface area contributed by atoms with Gasteiger partial charge < -0.3 is 9.67 Å². The van der Waals surface area contributed by atoms with Gasteiger partial charge in [0.15, 0.2) is 11.4 Å². The molecule has 1 heterocycles. The number of alkyl halides is 3. The van der Waals surface area contributed by atoms with Gasteiger partial charge in [0.05, 0.1) is 0 Å². The van der Waals surface area contributed by atoms with Gasteiger partial charge in [-0.1, -0.05) is 13.3 Å². The highest BCUT2D eigenvalue weighted by molar-refractivity contribution is 5.87. The fraction of sp³-hybridized carbons (Fsp3) is 0.636. The number of aryl methyl sites for hydroxylation is 1. The second-order valence-electron chi connectivity index (χ2n) is 3.88. The first-order valence-corrected chi connectivity index (χ1v) is 5.72. The van der Waals surface area contributed by atoms with Gasteiger partial charge in [-0.2, -0.15) is 13.2 Å². The van der Waals surface area contributed by atoms with Gasteiger partial charge >= 0.3 is 12.1 Å². The Kier molecular flexibility index (Phi) is 4.37. The van der Waals surface area contributed by atoms with E-state index in [2.05, 4.69) is 4.98 Å². The van der Waals surface area contributed by atoms with Crippen molar-refractivity contribution in [2.24, 2.45) is 0 Å². The Morgan fingerprint density at radius 2 is 2.00 bits per heavy atom. The molecular formula is C11H15F3N2O2. The maximum absolute atomic E-state index is 12.7. The molecule has 0 unspecified atom stereocenters. The molecule has 1 aromatic rings. The van der Waals surface area contributed by atoms with E-state index in [0.29, 0.717) is 12.8 Å². The van der Waals surface area contributed by atoms with E-state index in [-0.39, 0.29) is 12.4 Å². The van der Waals surface area contributed by atoms with Crippen LogP contribution >= 0.6 is 0 Å². The van der Waals surface area contributed by atoms with Gasteiger partial charge in [0, 0.05) is 13.0 Å². The molecule has 7 heteroatoms. The second-order valence-corrected chi connectivity index (χ2v) is 3.88. The Labute approximate surface area is 102 Å². The van der Waals surface area contributed by atoms with E-state index in [9.17, 15) is 18.0 Å². The largest absolute Gasteiger partial charge is 0.477 e. The molecule has 0 bridgehead atoms. The third-order valence-electron chi connectivity index (χ3n) is 2.59. The van der Waals surface area contributed by atoms with Crippen molar-refractivity contribution in [3.05, 3.63) is 17.2 Å². The monoisotopic (exact) mass is 264 g/mol. The molecular weight excluding hydrogens is 249 g/mol. The SMILES string of the molecule is CCCCc1nc(C(F)(F)F)c(C(=O)O)n1CC. The minimum atomic E-state index is -4.74. The summed E-state index contributed by atoms with van der Waals surface area (Å²) in [7, 11) is 0. The molecule has 0 fully saturated rings. The van der Waals surface area contributed by atoms with Crippen molar-refractivity contribution in [1.29, 1.82) is 0 Å². The van der Waals surface area contributed by atoms with Crippen LogP contribution in [-0.4, -0.2) is 20.6 Å². The molecule has 1 rings (SSSR count). The van der Waals surface area contributed by atoms with E-state index in [4.69, 9.17) is 5.11 Å². The third-order valence-corrected chi connectivity index (χ3v) is 2.59. The third kappa shape index (κ3) is 2.83. The first-order chi connectivity index (χ1) is 8.32. The molecule has 0 spiro atoms. The number of nitrogens with zero attached hydrogens (tertiary/aromatic N) is 2. The standard InChI is InChI=1S/C11H15F3N2O2/c1-3-5-6-7-15-9(11(12,13)14)8(10(17)18)16(7)4-2/h3-6H2,1-2H3,(H,17,18). The number of aromatic carboxylic acids is 1. The lowest BCUT2D eigenvalue weighted by Crippen LogP contribution is -2.16. The van der Waals surface area contributed by atoms with Crippen LogP contribution in [0.3, 0.4) is 0 Å². The fourth-order valence-corrected chi connectivity index (χ4v) is 1.78. The summed E-state index contributed by atoms with van der Waals surface area (Å²) in [5.41, 5.74) is -2.07. The quantitative estimate of drug-likeness (QED) is 0.889. The van der Waals surface area contributed by atoms with Gasteiger partial charge in [-0.15, -0.1) is 0 Å². The summed E-state index contributed by atoms with van der Waals surface area (Å²) in [6.07, 6.45) is -2.91. The molecule has 0 aliphatic heterocycles. The molecule has 0 saturated heterocycles. The molecule has 1 aromatic heterocycles. The number of carboxylic acid groups (broad SMARTS) is 1. The van der Waals surface area contributed by atoms with Crippen molar-refractivity contribution < 1.29 is 23.1 Å². The molecule has 0 aliphatic rings. The number of carbonyl (C=O) groups is 1. The van der Waals surface area contributed by atoms with Gasteiger partial charge in [0.25, 0.3) is 0 Å². The Bertz CT molecular complexity index is 438. The van der Waals surface area contributed by atoms with Crippen molar-refractivity contribution >= 4 is 5.97 Å². The Morgan fingerprint density at radius 3 is 2.39 bits per heavy atom. The van der Waals surface area contributed by atoms with Crippen molar-refractivity contribution in [2.45, 2.75) is 45.8 Å². The van der Waals surface area contributed by atoms with Crippen LogP contribution in [0.1, 0.15) is 48.7 Å².